The van der Waals surface area contributed by atoms with Crippen LogP contribution in [0.1, 0.15) is 16.6 Å². The van der Waals surface area contributed by atoms with Crippen LogP contribution in [0.3, 0.4) is 0 Å². The van der Waals surface area contributed by atoms with Gasteiger partial charge in [0.1, 0.15) is 0 Å². The number of carbonyl (C=O) groups excluding carboxylic acids is 1. The third-order valence-corrected chi connectivity index (χ3v) is 3.19. The lowest BCUT2D eigenvalue weighted by Crippen LogP contribution is -2.30. The van der Waals surface area contributed by atoms with Crippen LogP contribution in [0.15, 0.2) is 28.6 Å². The average Bonchev–Trinajstić information content (AvgIpc) is 2.51. The van der Waals surface area contributed by atoms with E-state index < -0.39 is 0 Å². The topological polar surface area (TPSA) is 29.1 Å². The molecule has 1 aromatic rings. The van der Waals surface area contributed by atoms with Crippen molar-refractivity contribution in [3.05, 3.63) is 33.5 Å². The van der Waals surface area contributed by atoms with Gasteiger partial charge in [0.25, 0.3) is 5.91 Å². The molecule has 1 atom stereocenters. The second kappa shape index (κ2) is 4.58. The summed E-state index contributed by atoms with van der Waals surface area (Å²) in [5.41, 5.74) is 0. The van der Waals surface area contributed by atoms with E-state index in [0.29, 0.717) is 4.88 Å². The molecule has 1 heterocycles. The molecule has 0 saturated heterocycles. The molecule has 2 nitrogen and oxygen atoms in total. The van der Waals surface area contributed by atoms with E-state index in [4.69, 9.17) is 0 Å². The van der Waals surface area contributed by atoms with Crippen LogP contribution < -0.4 is 5.32 Å². The zero-order valence-corrected chi connectivity index (χ0v) is 9.61. The largest absolute Gasteiger partial charge is 0.345 e. The molecule has 0 aliphatic heterocycles. The summed E-state index contributed by atoms with van der Waals surface area (Å²) in [6.07, 6.45) is 1.69. The van der Waals surface area contributed by atoms with Crippen molar-refractivity contribution in [1.29, 1.82) is 0 Å². The monoisotopic (exact) mass is 259 g/mol. The van der Waals surface area contributed by atoms with Crippen molar-refractivity contribution in [2.75, 3.05) is 0 Å². The number of amides is 1. The molecule has 1 unspecified atom stereocenters. The minimum Gasteiger partial charge on any atom is -0.345 e. The van der Waals surface area contributed by atoms with Crippen molar-refractivity contribution in [3.8, 4) is 0 Å². The number of rotatable bonds is 3. The molecule has 1 rings (SSSR count). The van der Waals surface area contributed by atoms with Crippen LogP contribution in [0.25, 0.3) is 0 Å². The molecule has 0 saturated carbocycles. The Kier molecular flexibility index (Phi) is 3.69. The van der Waals surface area contributed by atoms with E-state index in [1.165, 1.54) is 11.3 Å². The number of thiophene rings is 1. The van der Waals surface area contributed by atoms with Crippen molar-refractivity contribution >= 4 is 33.2 Å². The summed E-state index contributed by atoms with van der Waals surface area (Å²) in [5, 5.41) is 4.67. The van der Waals surface area contributed by atoms with Gasteiger partial charge in [0.05, 0.1) is 4.88 Å². The number of carbonyl (C=O) groups is 1. The highest BCUT2D eigenvalue weighted by Gasteiger charge is 2.09. The van der Waals surface area contributed by atoms with E-state index in [1.54, 1.807) is 12.1 Å². The van der Waals surface area contributed by atoms with Gasteiger partial charge < -0.3 is 5.32 Å². The first-order chi connectivity index (χ1) is 6.13. The molecule has 0 aromatic carbocycles. The minimum absolute atomic E-state index is 0.00776. The number of halogens is 1. The Morgan fingerprint density at radius 2 is 2.54 bits per heavy atom. The summed E-state index contributed by atoms with van der Waals surface area (Å²) >= 11 is 4.71. The molecule has 4 heteroatoms. The van der Waals surface area contributed by atoms with E-state index in [-0.39, 0.29) is 11.9 Å². The Balaban J connectivity index is 2.63. The van der Waals surface area contributed by atoms with Crippen LogP contribution in [0.5, 0.6) is 0 Å². The molecule has 0 aliphatic carbocycles. The predicted octanol–water partition coefficient (Wildman–Crippen LogP) is 2.81. The molecule has 0 aliphatic rings. The molecular formula is C9H10BrNOS. The average molecular weight is 260 g/mol. The Hall–Kier alpha value is -0.610. The first-order valence-corrected chi connectivity index (χ1v) is 5.48. The second-order valence-corrected chi connectivity index (χ2v) is 4.45. The van der Waals surface area contributed by atoms with Crippen molar-refractivity contribution < 1.29 is 4.79 Å². The zero-order chi connectivity index (χ0) is 9.84. The third kappa shape index (κ3) is 2.97. The molecule has 1 N–H and O–H groups in total. The van der Waals surface area contributed by atoms with Crippen LogP contribution >= 0.6 is 27.3 Å². The quantitative estimate of drug-likeness (QED) is 0.832. The highest BCUT2D eigenvalue weighted by atomic mass is 79.9. The zero-order valence-electron chi connectivity index (χ0n) is 7.21. The number of hydrogen-bond acceptors (Lipinski definition) is 2. The van der Waals surface area contributed by atoms with Crippen LogP contribution in [0.4, 0.5) is 0 Å². The lowest BCUT2D eigenvalue weighted by molar-refractivity contribution is 0.0951. The molecular weight excluding hydrogens is 250 g/mol. The maximum atomic E-state index is 11.5. The summed E-state index contributed by atoms with van der Waals surface area (Å²) in [7, 11) is 0. The van der Waals surface area contributed by atoms with Gasteiger partial charge in [0.15, 0.2) is 0 Å². The standard InChI is InChI=1S/C9H10BrNOS/c1-3-6(2)11-9(12)8-4-7(10)5-13-8/h3-6H,1H2,2H3,(H,11,12). The molecule has 70 valence electrons. The first-order valence-electron chi connectivity index (χ1n) is 3.81. The van der Waals surface area contributed by atoms with E-state index in [9.17, 15) is 4.79 Å². The molecule has 1 amide bonds. The fourth-order valence-electron chi connectivity index (χ4n) is 0.769. The Morgan fingerprint density at radius 3 is 3.00 bits per heavy atom. The Morgan fingerprint density at radius 1 is 1.85 bits per heavy atom. The van der Waals surface area contributed by atoms with Gasteiger partial charge >= 0.3 is 0 Å². The van der Waals surface area contributed by atoms with Crippen molar-refractivity contribution in [1.82, 2.24) is 5.32 Å². The van der Waals surface area contributed by atoms with E-state index in [1.807, 2.05) is 12.3 Å². The summed E-state index contributed by atoms with van der Waals surface area (Å²) in [6.45, 7) is 5.47. The maximum Gasteiger partial charge on any atom is 0.261 e. The van der Waals surface area contributed by atoms with Crippen LogP contribution in [-0.2, 0) is 0 Å². The smallest absolute Gasteiger partial charge is 0.261 e. The normalized spacial score (nSPS) is 12.2. The molecule has 0 spiro atoms. The number of hydrogen-bond donors (Lipinski definition) is 1. The summed E-state index contributed by atoms with van der Waals surface area (Å²) in [6, 6.07) is 1.81. The fourth-order valence-corrected chi connectivity index (χ4v) is 2.10. The summed E-state index contributed by atoms with van der Waals surface area (Å²) in [4.78, 5) is 12.2. The van der Waals surface area contributed by atoms with E-state index in [0.717, 1.165) is 4.47 Å². The van der Waals surface area contributed by atoms with Gasteiger partial charge in [-0.15, -0.1) is 17.9 Å². The highest BCUT2D eigenvalue weighted by molar-refractivity contribution is 9.10. The molecule has 13 heavy (non-hydrogen) atoms. The van der Waals surface area contributed by atoms with Gasteiger partial charge in [-0.1, -0.05) is 6.08 Å². The summed E-state index contributed by atoms with van der Waals surface area (Å²) < 4.78 is 0.939. The van der Waals surface area contributed by atoms with E-state index >= 15 is 0 Å². The molecule has 1 aromatic heterocycles. The maximum absolute atomic E-state index is 11.5. The van der Waals surface area contributed by atoms with Gasteiger partial charge in [0, 0.05) is 15.9 Å². The van der Waals surface area contributed by atoms with Gasteiger partial charge in [-0.3, -0.25) is 4.79 Å². The number of nitrogens with one attached hydrogen (secondary N) is 1. The third-order valence-electron chi connectivity index (χ3n) is 1.50. The van der Waals surface area contributed by atoms with Gasteiger partial charge in [-0.2, -0.15) is 0 Å². The summed E-state index contributed by atoms with van der Waals surface area (Å²) in [5.74, 6) is -0.0527. The molecule has 0 fully saturated rings. The molecule has 0 radical (unpaired) electrons. The van der Waals surface area contributed by atoms with Crippen molar-refractivity contribution in [2.45, 2.75) is 13.0 Å². The molecule has 0 bridgehead atoms. The predicted molar refractivity (Wildman–Crippen MR) is 59.1 cm³/mol. The first kappa shape index (κ1) is 10.5. The van der Waals surface area contributed by atoms with Crippen LogP contribution in [0, 0.1) is 0 Å². The van der Waals surface area contributed by atoms with Gasteiger partial charge in [-0.05, 0) is 28.9 Å². The SMILES string of the molecule is C=CC(C)NC(=O)c1cc(Br)cs1. The second-order valence-electron chi connectivity index (χ2n) is 2.63. The van der Waals surface area contributed by atoms with Gasteiger partial charge in [-0.25, -0.2) is 0 Å². The Labute approximate surface area is 89.8 Å². The van der Waals surface area contributed by atoms with Crippen molar-refractivity contribution in [2.24, 2.45) is 0 Å². The van der Waals surface area contributed by atoms with Crippen LogP contribution in [-0.4, -0.2) is 11.9 Å². The lowest BCUT2D eigenvalue weighted by atomic mass is 10.3. The Bertz CT molecular complexity index is 321. The minimum atomic E-state index is -0.0527. The lowest BCUT2D eigenvalue weighted by Gasteiger charge is -2.06. The van der Waals surface area contributed by atoms with E-state index in [2.05, 4.69) is 27.8 Å². The fraction of sp³-hybridized carbons (Fsp3) is 0.222. The van der Waals surface area contributed by atoms with Crippen molar-refractivity contribution in [3.63, 3.8) is 0 Å². The van der Waals surface area contributed by atoms with Crippen LogP contribution in [0.2, 0.25) is 0 Å². The van der Waals surface area contributed by atoms with Gasteiger partial charge in [0.2, 0.25) is 0 Å². The highest BCUT2D eigenvalue weighted by Crippen LogP contribution is 2.19.